The third-order valence-corrected chi connectivity index (χ3v) is 3.31. The van der Waals surface area contributed by atoms with Gasteiger partial charge in [-0.05, 0) is 31.4 Å². The number of nitrogens with one attached hydrogen (secondary N) is 2. The van der Waals surface area contributed by atoms with Gasteiger partial charge in [-0.25, -0.2) is 4.98 Å². The Bertz CT molecular complexity index is 678. The van der Waals surface area contributed by atoms with E-state index in [1.165, 1.54) is 16.5 Å². The topological polar surface area (TPSA) is 70.5 Å². The van der Waals surface area contributed by atoms with Gasteiger partial charge in [-0.1, -0.05) is 18.2 Å². The summed E-state index contributed by atoms with van der Waals surface area (Å²) in [7, 11) is 0. The Morgan fingerprint density at radius 3 is 2.83 bits per heavy atom. The zero-order valence-electron chi connectivity index (χ0n) is 10.3. The molecule has 0 amide bonds. The fourth-order valence-electron chi connectivity index (χ4n) is 2.36. The van der Waals surface area contributed by atoms with Gasteiger partial charge >= 0.3 is 0 Å². The van der Waals surface area contributed by atoms with Gasteiger partial charge in [0.15, 0.2) is 5.95 Å². The molecule has 0 saturated carbocycles. The smallest absolute Gasteiger partial charge is 0.197 e. The van der Waals surface area contributed by atoms with Crippen LogP contribution in [0, 0.1) is 6.92 Å². The molecule has 18 heavy (non-hydrogen) atoms. The predicted octanol–water partition coefficient (Wildman–Crippen LogP) is 2.57. The van der Waals surface area contributed by atoms with Crippen LogP contribution in [0.1, 0.15) is 17.0 Å². The molecule has 3 rings (SSSR count). The molecular formula is C14H16N4. The number of aryl methyl sites for hydroxylation is 3. The van der Waals surface area contributed by atoms with Crippen molar-refractivity contribution in [3.8, 4) is 0 Å². The molecule has 0 atom stereocenters. The van der Waals surface area contributed by atoms with Crippen LogP contribution in [0.2, 0.25) is 0 Å². The lowest BCUT2D eigenvalue weighted by Crippen LogP contribution is -1.93. The Morgan fingerprint density at radius 2 is 2.06 bits per heavy atom. The first kappa shape index (κ1) is 10.9. The fourth-order valence-corrected chi connectivity index (χ4v) is 2.36. The highest BCUT2D eigenvalue weighted by molar-refractivity contribution is 5.83. The van der Waals surface area contributed by atoms with Gasteiger partial charge in [0.1, 0.15) is 0 Å². The van der Waals surface area contributed by atoms with E-state index < -0.39 is 0 Å². The summed E-state index contributed by atoms with van der Waals surface area (Å²) in [5.41, 5.74) is 10.3. The lowest BCUT2D eigenvalue weighted by Gasteiger charge is -1.98. The molecule has 1 aromatic carbocycles. The second-order valence-corrected chi connectivity index (χ2v) is 4.55. The number of aromatic nitrogens is 3. The zero-order valence-corrected chi connectivity index (χ0v) is 10.3. The van der Waals surface area contributed by atoms with Gasteiger partial charge in [0.25, 0.3) is 0 Å². The summed E-state index contributed by atoms with van der Waals surface area (Å²) in [5.74, 6) is 0.501. The predicted molar refractivity (Wildman–Crippen MR) is 73.4 cm³/mol. The van der Waals surface area contributed by atoms with Crippen LogP contribution in [0.15, 0.2) is 30.5 Å². The van der Waals surface area contributed by atoms with E-state index in [4.69, 9.17) is 5.73 Å². The number of imidazole rings is 1. The van der Waals surface area contributed by atoms with Crippen molar-refractivity contribution >= 4 is 16.9 Å². The van der Waals surface area contributed by atoms with Crippen molar-refractivity contribution in [1.82, 2.24) is 15.0 Å². The van der Waals surface area contributed by atoms with Crippen molar-refractivity contribution in [3.63, 3.8) is 0 Å². The number of nitrogens with zero attached hydrogens (tertiary/aromatic N) is 1. The molecule has 4 heteroatoms. The average Bonchev–Trinajstić information content (AvgIpc) is 2.90. The molecule has 0 spiro atoms. The molecule has 2 aromatic heterocycles. The standard InChI is InChI=1S/C14H16N4/c1-9-12(18-14(15)17-9)7-6-10-8-16-13-5-3-2-4-11(10)13/h2-5,8,16H,6-7H2,1H3,(H3,15,17,18). The number of aromatic amines is 2. The summed E-state index contributed by atoms with van der Waals surface area (Å²) >= 11 is 0. The zero-order chi connectivity index (χ0) is 12.5. The number of fused-ring (bicyclic) bond motifs is 1. The Hall–Kier alpha value is -2.23. The Kier molecular flexibility index (Phi) is 2.55. The van der Waals surface area contributed by atoms with Crippen molar-refractivity contribution in [1.29, 1.82) is 0 Å². The van der Waals surface area contributed by atoms with Crippen molar-refractivity contribution in [3.05, 3.63) is 47.4 Å². The number of rotatable bonds is 3. The monoisotopic (exact) mass is 240 g/mol. The van der Waals surface area contributed by atoms with Crippen LogP contribution in [-0.4, -0.2) is 15.0 Å². The van der Waals surface area contributed by atoms with Crippen LogP contribution < -0.4 is 5.73 Å². The minimum atomic E-state index is 0.501. The highest BCUT2D eigenvalue weighted by Gasteiger charge is 2.07. The molecule has 2 heterocycles. The van der Waals surface area contributed by atoms with E-state index in [9.17, 15) is 0 Å². The molecule has 0 aliphatic carbocycles. The van der Waals surface area contributed by atoms with Crippen molar-refractivity contribution in [2.24, 2.45) is 0 Å². The fraction of sp³-hybridized carbons (Fsp3) is 0.214. The lowest BCUT2D eigenvalue weighted by atomic mass is 10.1. The maximum atomic E-state index is 5.65. The number of nitrogens with two attached hydrogens (primary N) is 1. The van der Waals surface area contributed by atoms with E-state index in [1.807, 2.05) is 13.0 Å². The first-order valence-corrected chi connectivity index (χ1v) is 6.10. The molecule has 92 valence electrons. The SMILES string of the molecule is Cc1[nH]c(N)nc1CCc1c[nH]c2ccccc12. The van der Waals surface area contributed by atoms with Crippen molar-refractivity contribution in [2.75, 3.05) is 5.73 Å². The van der Waals surface area contributed by atoms with E-state index in [0.717, 1.165) is 24.2 Å². The van der Waals surface area contributed by atoms with Gasteiger partial charge in [0.2, 0.25) is 0 Å². The number of para-hydroxylation sites is 1. The maximum absolute atomic E-state index is 5.65. The molecule has 0 aliphatic rings. The average molecular weight is 240 g/mol. The number of anilines is 1. The highest BCUT2D eigenvalue weighted by atomic mass is 15.0. The van der Waals surface area contributed by atoms with Crippen LogP contribution in [0.4, 0.5) is 5.95 Å². The summed E-state index contributed by atoms with van der Waals surface area (Å²) in [4.78, 5) is 10.6. The van der Waals surface area contributed by atoms with E-state index in [2.05, 4.69) is 39.3 Å². The second-order valence-electron chi connectivity index (χ2n) is 4.55. The van der Waals surface area contributed by atoms with E-state index in [0.29, 0.717) is 5.95 Å². The van der Waals surface area contributed by atoms with Crippen LogP contribution in [0.3, 0.4) is 0 Å². The number of benzene rings is 1. The molecule has 0 bridgehead atoms. The van der Waals surface area contributed by atoms with Crippen molar-refractivity contribution < 1.29 is 0 Å². The normalized spacial score (nSPS) is 11.2. The van der Waals surface area contributed by atoms with Gasteiger partial charge in [0, 0.05) is 22.8 Å². The second kappa shape index (κ2) is 4.22. The Morgan fingerprint density at radius 1 is 1.22 bits per heavy atom. The summed E-state index contributed by atoms with van der Waals surface area (Å²) < 4.78 is 0. The molecule has 0 saturated heterocycles. The highest BCUT2D eigenvalue weighted by Crippen LogP contribution is 2.19. The molecule has 0 radical (unpaired) electrons. The van der Waals surface area contributed by atoms with Crippen LogP contribution in [-0.2, 0) is 12.8 Å². The molecule has 4 nitrogen and oxygen atoms in total. The number of nitrogen functional groups attached to an aromatic ring is 1. The molecule has 0 fully saturated rings. The summed E-state index contributed by atoms with van der Waals surface area (Å²) in [6.45, 7) is 2.01. The summed E-state index contributed by atoms with van der Waals surface area (Å²) in [5, 5.41) is 1.29. The van der Waals surface area contributed by atoms with Gasteiger partial charge in [0.05, 0.1) is 5.69 Å². The molecule has 0 aliphatic heterocycles. The number of hydrogen-bond donors (Lipinski definition) is 3. The Balaban J connectivity index is 1.83. The largest absolute Gasteiger partial charge is 0.369 e. The summed E-state index contributed by atoms with van der Waals surface area (Å²) in [6, 6.07) is 8.35. The van der Waals surface area contributed by atoms with Gasteiger partial charge in [-0.3, -0.25) is 0 Å². The van der Waals surface area contributed by atoms with Gasteiger partial charge in [-0.15, -0.1) is 0 Å². The lowest BCUT2D eigenvalue weighted by molar-refractivity contribution is 0.920. The molecular weight excluding hydrogens is 224 g/mol. The quantitative estimate of drug-likeness (QED) is 0.658. The van der Waals surface area contributed by atoms with Crippen molar-refractivity contribution in [2.45, 2.75) is 19.8 Å². The molecule has 4 N–H and O–H groups in total. The van der Waals surface area contributed by atoms with E-state index >= 15 is 0 Å². The third kappa shape index (κ3) is 1.86. The first-order valence-electron chi connectivity index (χ1n) is 6.10. The van der Waals surface area contributed by atoms with Crippen LogP contribution in [0.25, 0.3) is 10.9 Å². The first-order chi connectivity index (χ1) is 8.74. The number of hydrogen-bond acceptors (Lipinski definition) is 2. The van der Waals surface area contributed by atoms with E-state index in [1.54, 1.807) is 0 Å². The number of H-pyrrole nitrogens is 2. The molecule has 3 aromatic rings. The molecule has 0 unspecified atom stereocenters. The van der Waals surface area contributed by atoms with E-state index in [-0.39, 0.29) is 0 Å². The minimum Gasteiger partial charge on any atom is -0.369 e. The van der Waals surface area contributed by atoms with Crippen LogP contribution >= 0.6 is 0 Å². The third-order valence-electron chi connectivity index (χ3n) is 3.31. The maximum Gasteiger partial charge on any atom is 0.197 e. The minimum absolute atomic E-state index is 0.501. The van der Waals surface area contributed by atoms with Crippen LogP contribution in [0.5, 0.6) is 0 Å². The summed E-state index contributed by atoms with van der Waals surface area (Å²) in [6.07, 6.45) is 3.95. The van der Waals surface area contributed by atoms with Gasteiger partial charge < -0.3 is 15.7 Å². The van der Waals surface area contributed by atoms with Gasteiger partial charge in [-0.2, -0.15) is 0 Å². The Labute approximate surface area is 105 Å².